The molecule has 2 aromatic carbocycles. The van der Waals surface area contributed by atoms with Gasteiger partial charge in [0.25, 0.3) is 0 Å². The Morgan fingerprint density at radius 3 is 2.66 bits per heavy atom. The SMILES string of the molecule is C#CCOc1ccccc1CN1CCN(c2c(F)cccc2C(O)c2nccn2C)CC1. The summed E-state index contributed by atoms with van der Waals surface area (Å²) in [6, 6.07) is 12.7. The molecule has 1 aliphatic rings. The van der Waals surface area contributed by atoms with E-state index in [-0.39, 0.29) is 12.4 Å². The van der Waals surface area contributed by atoms with Crippen molar-refractivity contribution in [1.82, 2.24) is 14.5 Å². The normalized spacial score (nSPS) is 15.4. The number of hydrogen-bond donors (Lipinski definition) is 1. The Kier molecular flexibility index (Phi) is 6.74. The summed E-state index contributed by atoms with van der Waals surface area (Å²) in [6.07, 6.45) is 7.71. The number of anilines is 1. The van der Waals surface area contributed by atoms with Crippen molar-refractivity contribution in [3.63, 3.8) is 0 Å². The number of benzene rings is 2. The van der Waals surface area contributed by atoms with E-state index in [0.29, 0.717) is 30.2 Å². The molecule has 0 spiro atoms. The summed E-state index contributed by atoms with van der Waals surface area (Å²) in [5.74, 6) is 3.44. The summed E-state index contributed by atoms with van der Waals surface area (Å²) < 4.78 is 22.3. The fraction of sp³-hybridized carbons (Fsp3) is 0.320. The van der Waals surface area contributed by atoms with Gasteiger partial charge in [-0.05, 0) is 12.1 Å². The zero-order valence-electron chi connectivity index (χ0n) is 18.1. The number of piperazine rings is 1. The van der Waals surface area contributed by atoms with E-state index in [1.54, 1.807) is 29.1 Å². The first-order valence-electron chi connectivity index (χ1n) is 10.6. The molecule has 1 saturated heterocycles. The van der Waals surface area contributed by atoms with Crippen molar-refractivity contribution in [1.29, 1.82) is 0 Å². The molecular weight excluding hydrogens is 407 g/mol. The van der Waals surface area contributed by atoms with Crippen LogP contribution in [0.25, 0.3) is 0 Å². The van der Waals surface area contributed by atoms with Crippen LogP contribution in [0.5, 0.6) is 5.75 Å². The van der Waals surface area contributed by atoms with Crippen molar-refractivity contribution in [2.45, 2.75) is 12.6 Å². The number of nitrogens with zero attached hydrogens (tertiary/aromatic N) is 4. The molecule has 0 radical (unpaired) electrons. The molecule has 1 fully saturated rings. The average molecular weight is 435 g/mol. The van der Waals surface area contributed by atoms with Crippen LogP contribution in [-0.2, 0) is 13.6 Å². The zero-order chi connectivity index (χ0) is 22.5. The molecule has 0 amide bonds. The van der Waals surface area contributed by atoms with Crippen LogP contribution in [0.1, 0.15) is 23.1 Å². The van der Waals surface area contributed by atoms with Gasteiger partial charge in [-0.1, -0.05) is 36.3 Å². The second-order valence-corrected chi connectivity index (χ2v) is 7.84. The number of terminal acetylenes is 1. The topological polar surface area (TPSA) is 53.8 Å². The lowest BCUT2D eigenvalue weighted by Crippen LogP contribution is -2.46. The van der Waals surface area contributed by atoms with Crippen molar-refractivity contribution in [3.8, 4) is 18.1 Å². The highest BCUT2D eigenvalue weighted by atomic mass is 19.1. The van der Waals surface area contributed by atoms with E-state index in [2.05, 4.69) is 15.8 Å². The number of aryl methyl sites for hydroxylation is 1. The van der Waals surface area contributed by atoms with Crippen LogP contribution in [0.15, 0.2) is 54.9 Å². The molecule has 4 rings (SSSR count). The fourth-order valence-corrected chi connectivity index (χ4v) is 4.13. The quantitative estimate of drug-likeness (QED) is 0.580. The molecule has 6 nitrogen and oxygen atoms in total. The largest absolute Gasteiger partial charge is 0.481 e. The van der Waals surface area contributed by atoms with Gasteiger partial charge in [-0.2, -0.15) is 0 Å². The molecule has 1 unspecified atom stereocenters. The first-order chi connectivity index (χ1) is 15.6. The Balaban J connectivity index is 1.48. The Labute approximate surface area is 187 Å². The van der Waals surface area contributed by atoms with Crippen molar-refractivity contribution >= 4 is 5.69 Å². The van der Waals surface area contributed by atoms with Crippen molar-refractivity contribution in [2.75, 3.05) is 37.7 Å². The second-order valence-electron chi connectivity index (χ2n) is 7.84. The van der Waals surface area contributed by atoms with Crippen molar-refractivity contribution in [3.05, 3.63) is 77.6 Å². The molecule has 1 aromatic heterocycles. The Morgan fingerprint density at radius 2 is 1.94 bits per heavy atom. The first-order valence-corrected chi connectivity index (χ1v) is 10.6. The molecular formula is C25H27FN4O2. The highest BCUT2D eigenvalue weighted by Gasteiger charge is 2.27. The van der Waals surface area contributed by atoms with Gasteiger partial charge in [-0.25, -0.2) is 9.37 Å². The van der Waals surface area contributed by atoms with Gasteiger partial charge in [0.1, 0.15) is 30.1 Å². The minimum atomic E-state index is -1.00. The van der Waals surface area contributed by atoms with Gasteiger partial charge >= 0.3 is 0 Å². The van der Waals surface area contributed by atoms with Gasteiger partial charge in [-0.3, -0.25) is 4.90 Å². The average Bonchev–Trinajstić information content (AvgIpc) is 3.24. The molecule has 1 N–H and O–H groups in total. The predicted octanol–water partition coefficient (Wildman–Crippen LogP) is 2.98. The first kappa shape index (κ1) is 21.9. The summed E-state index contributed by atoms with van der Waals surface area (Å²) in [4.78, 5) is 8.55. The lowest BCUT2D eigenvalue weighted by molar-refractivity contribution is 0.205. The minimum absolute atomic E-state index is 0.235. The lowest BCUT2D eigenvalue weighted by Gasteiger charge is -2.37. The third kappa shape index (κ3) is 4.62. The Bertz CT molecular complexity index is 1100. The second kappa shape index (κ2) is 9.86. The van der Waals surface area contributed by atoms with E-state index < -0.39 is 6.10 Å². The van der Waals surface area contributed by atoms with E-state index in [1.807, 2.05) is 36.2 Å². The molecule has 1 atom stereocenters. The van der Waals surface area contributed by atoms with Crippen LogP contribution in [0.4, 0.5) is 10.1 Å². The lowest BCUT2D eigenvalue weighted by atomic mass is 10.0. The summed E-state index contributed by atoms with van der Waals surface area (Å²) >= 11 is 0. The highest BCUT2D eigenvalue weighted by Crippen LogP contribution is 2.33. The molecule has 0 aliphatic carbocycles. The predicted molar refractivity (Wildman–Crippen MR) is 122 cm³/mol. The number of aliphatic hydroxyl groups is 1. The summed E-state index contributed by atoms with van der Waals surface area (Å²) in [7, 11) is 1.81. The Morgan fingerprint density at radius 1 is 1.16 bits per heavy atom. The maximum absolute atomic E-state index is 14.9. The van der Waals surface area contributed by atoms with E-state index in [4.69, 9.17) is 11.2 Å². The van der Waals surface area contributed by atoms with Crippen molar-refractivity contribution < 1.29 is 14.2 Å². The molecule has 0 saturated carbocycles. The smallest absolute Gasteiger partial charge is 0.148 e. The van der Waals surface area contributed by atoms with Gasteiger partial charge in [-0.15, -0.1) is 6.42 Å². The summed E-state index contributed by atoms with van der Waals surface area (Å²) in [6.45, 7) is 3.78. The van der Waals surface area contributed by atoms with E-state index >= 15 is 0 Å². The minimum Gasteiger partial charge on any atom is -0.481 e. The zero-order valence-corrected chi connectivity index (χ0v) is 18.1. The highest BCUT2D eigenvalue weighted by molar-refractivity contribution is 5.57. The number of para-hydroxylation sites is 2. The van der Waals surface area contributed by atoms with Crippen LogP contribution in [0.3, 0.4) is 0 Å². The fourth-order valence-electron chi connectivity index (χ4n) is 4.13. The molecule has 0 bridgehead atoms. The van der Waals surface area contributed by atoms with Gasteiger partial charge < -0.3 is 19.3 Å². The van der Waals surface area contributed by atoms with E-state index in [1.165, 1.54) is 6.07 Å². The van der Waals surface area contributed by atoms with Gasteiger partial charge in [0.15, 0.2) is 0 Å². The van der Waals surface area contributed by atoms with Crippen LogP contribution >= 0.6 is 0 Å². The van der Waals surface area contributed by atoms with Gasteiger partial charge in [0.05, 0.1) is 5.69 Å². The molecule has 166 valence electrons. The van der Waals surface area contributed by atoms with Crippen molar-refractivity contribution in [2.24, 2.45) is 7.05 Å². The molecule has 2 heterocycles. The summed E-state index contributed by atoms with van der Waals surface area (Å²) in [5, 5.41) is 10.9. The number of rotatable bonds is 7. The number of aromatic nitrogens is 2. The number of aliphatic hydroxyl groups excluding tert-OH is 1. The van der Waals surface area contributed by atoms with E-state index in [9.17, 15) is 9.50 Å². The van der Waals surface area contributed by atoms with Gasteiger partial charge in [0, 0.05) is 63.3 Å². The molecule has 7 heteroatoms. The molecule has 1 aliphatic heterocycles. The summed E-state index contributed by atoms with van der Waals surface area (Å²) in [5.41, 5.74) is 2.05. The monoisotopic (exact) mass is 434 g/mol. The van der Waals surface area contributed by atoms with Crippen LogP contribution in [0.2, 0.25) is 0 Å². The third-order valence-corrected chi connectivity index (χ3v) is 5.78. The number of imidazole rings is 1. The van der Waals surface area contributed by atoms with Gasteiger partial charge in [0.2, 0.25) is 0 Å². The standard InChI is InChI=1S/C25H27FN4O2/c1-3-17-32-22-10-5-4-7-19(22)18-29-13-15-30(16-14-29)23-20(8-6-9-21(23)26)24(31)25-27-11-12-28(25)2/h1,4-12,24,31H,13-18H2,2H3. The number of halogens is 1. The third-order valence-electron chi connectivity index (χ3n) is 5.78. The molecule has 3 aromatic rings. The Hall–Kier alpha value is -3.34. The number of hydrogen-bond acceptors (Lipinski definition) is 5. The van der Waals surface area contributed by atoms with Crippen LogP contribution in [-0.4, -0.2) is 52.3 Å². The van der Waals surface area contributed by atoms with Crippen LogP contribution in [0, 0.1) is 18.2 Å². The number of ether oxygens (including phenoxy) is 1. The van der Waals surface area contributed by atoms with E-state index in [0.717, 1.165) is 30.9 Å². The van der Waals surface area contributed by atoms with Crippen LogP contribution < -0.4 is 9.64 Å². The maximum Gasteiger partial charge on any atom is 0.148 e. The molecule has 32 heavy (non-hydrogen) atoms. The maximum atomic E-state index is 14.9.